The summed E-state index contributed by atoms with van der Waals surface area (Å²) in [5.41, 5.74) is 3.28. The molecule has 6 nitrogen and oxygen atoms in total. The summed E-state index contributed by atoms with van der Waals surface area (Å²) in [5.74, 6) is 0. The first-order valence-corrected chi connectivity index (χ1v) is 11.6. The Bertz CT molecular complexity index is 887. The lowest BCUT2D eigenvalue weighted by molar-refractivity contribution is -0.309. The molecule has 0 atom stereocenters. The van der Waals surface area contributed by atoms with Gasteiger partial charge in [0, 0.05) is 43.8 Å². The Hall–Kier alpha value is -2.21. The summed E-state index contributed by atoms with van der Waals surface area (Å²) in [6, 6.07) is 6.38. The molecule has 196 valence electrons. The normalized spacial score (nSPS) is 21.4. The molecular formula is C23H29F6N3O3. The number of aryl methyl sites for hydroxylation is 1. The Kier molecular flexibility index (Phi) is 7.16. The van der Waals surface area contributed by atoms with Crippen LogP contribution in [0, 0.1) is 12.3 Å². The van der Waals surface area contributed by atoms with Gasteiger partial charge in [-0.25, -0.2) is 4.79 Å². The number of benzene rings is 1. The first kappa shape index (κ1) is 25.9. The van der Waals surface area contributed by atoms with Crippen molar-refractivity contribution in [1.29, 1.82) is 0 Å². The van der Waals surface area contributed by atoms with Gasteiger partial charge in [0.2, 0.25) is 0 Å². The molecule has 1 amide bonds. The topological polar surface area (TPSA) is 45.2 Å². The van der Waals surface area contributed by atoms with E-state index >= 15 is 0 Å². The van der Waals surface area contributed by atoms with Crippen LogP contribution in [-0.4, -0.2) is 86.8 Å². The van der Waals surface area contributed by atoms with Crippen LogP contribution < -0.4 is 4.90 Å². The highest BCUT2D eigenvalue weighted by atomic mass is 19.4. The van der Waals surface area contributed by atoms with Crippen LogP contribution in [0.2, 0.25) is 0 Å². The van der Waals surface area contributed by atoms with Crippen molar-refractivity contribution in [3.63, 3.8) is 0 Å². The fraction of sp³-hybridized carbons (Fsp3) is 0.696. The molecule has 0 radical (unpaired) electrons. The summed E-state index contributed by atoms with van der Waals surface area (Å²) in [5, 5.41) is 0. The van der Waals surface area contributed by atoms with Crippen molar-refractivity contribution in [3.05, 3.63) is 29.3 Å². The number of anilines is 1. The molecule has 0 bridgehead atoms. The van der Waals surface area contributed by atoms with Gasteiger partial charge in [0.25, 0.3) is 6.10 Å². The lowest BCUT2D eigenvalue weighted by Crippen LogP contribution is -2.62. The molecule has 0 aliphatic carbocycles. The van der Waals surface area contributed by atoms with E-state index in [1.165, 1.54) is 16.8 Å². The SMILES string of the molecule is Cc1ccc(CN2CCC3(CC2)CN(C(=O)OC(C(F)(F)F)C(F)(F)F)C3)c(N2CCOCC2)c1. The summed E-state index contributed by atoms with van der Waals surface area (Å²) < 4.78 is 85.3. The molecule has 0 saturated carbocycles. The first-order chi connectivity index (χ1) is 16.4. The molecule has 3 fully saturated rings. The van der Waals surface area contributed by atoms with E-state index in [1.54, 1.807) is 0 Å². The number of alkyl halides is 6. The molecule has 12 heteroatoms. The van der Waals surface area contributed by atoms with Crippen LogP contribution in [-0.2, 0) is 16.0 Å². The third-order valence-corrected chi connectivity index (χ3v) is 7.03. The van der Waals surface area contributed by atoms with E-state index < -0.39 is 24.5 Å². The molecule has 3 aliphatic heterocycles. The van der Waals surface area contributed by atoms with E-state index in [1.807, 2.05) is 0 Å². The van der Waals surface area contributed by atoms with Gasteiger partial charge in [-0.05, 0) is 50.0 Å². The van der Waals surface area contributed by atoms with Crippen molar-refractivity contribution in [2.75, 3.05) is 57.4 Å². The van der Waals surface area contributed by atoms with Crippen LogP contribution >= 0.6 is 0 Å². The van der Waals surface area contributed by atoms with E-state index in [4.69, 9.17) is 4.74 Å². The summed E-state index contributed by atoms with van der Waals surface area (Å²) >= 11 is 0. The zero-order valence-electron chi connectivity index (χ0n) is 19.4. The molecule has 35 heavy (non-hydrogen) atoms. The number of piperidine rings is 1. The van der Waals surface area contributed by atoms with E-state index in [0.717, 1.165) is 37.6 Å². The second-order valence-corrected chi connectivity index (χ2v) is 9.71. The zero-order chi connectivity index (χ0) is 25.4. The zero-order valence-corrected chi connectivity index (χ0v) is 19.4. The van der Waals surface area contributed by atoms with Crippen molar-refractivity contribution >= 4 is 11.8 Å². The maximum absolute atomic E-state index is 12.7. The molecule has 3 aliphatic rings. The predicted octanol–water partition coefficient (Wildman–Crippen LogP) is 4.36. The number of likely N-dealkylation sites (tertiary alicyclic amines) is 2. The molecule has 3 saturated heterocycles. The highest BCUT2D eigenvalue weighted by Crippen LogP contribution is 2.42. The number of carbonyl (C=O) groups excluding carboxylic acids is 1. The number of halogens is 6. The second-order valence-electron chi connectivity index (χ2n) is 9.71. The average Bonchev–Trinajstić information content (AvgIpc) is 2.76. The number of hydrogen-bond donors (Lipinski definition) is 0. The van der Waals surface area contributed by atoms with Gasteiger partial charge in [-0.1, -0.05) is 12.1 Å². The van der Waals surface area contributed by atoms with Gasteiger partial charge in [0.1, 0.15) is 0 Å². The Morgan fingerprint density at radius 3 is 2.20 bits per heavy atom. The fourth-order valence-electron chi connectivity index (χ4n) is 5.04. The highest BCUT2D eigenvalue weighted by molar-refractivity contribution is 5.69. The van der Waals surface area contributed by atoms with Crippen molar-refractivity contribution in [3.8, 4) is 0 Å². The molecular weight excluding hydrogens is 480 g/mol. The van der Waals surface area contributed by atoms with Crippen LogP contribution in [0.3, 0.4) is 0 Å². The van der Waals surface area contributed by atoms with E-state index in [2.05, 4.69) is 39.7 Å². The quantitative estimate of drug-likeness (QED) is 0.565. The maximum Gasteiger partial charge on any atom is 0.434 e. The van der Waals surface area contributed by atoms with Crippen molar-refractivity contribution in [2.24, 2.45) is 5.41 Å². The minimum Gasteiger partial charge on any atom is -0.426 e. The van der Waals surface area contributed by atoms with Crippen molar-refractivity contribution in [1.82, 2.24) is 9.80 Å². The smallest absolute Gasteiger partial charge is 0.426 e. The number of morpholine rings is 1. The Morgan fingerprint density at radius 2 is 1.63 bits per heavy atom. The van der Waals surface area contributed by atoms with E-state index in [0.29, 0.717) is 26.1 Å². The van der Waals surface area contributed by atoms with Crippen LogP contribution in [0.1, 0.15) is 24.0 Å². The first-order valence-electron chi connectivity index (χ1n) is 11.6. The minimum atomic E-state index is -5.71. The third kappa shape index (κ3) is 5.96. The summed E-state index contributed by atoms with van der Waals surface area (Å²) in [6.07, 6.45) is -15.7. The number of hydrogen-bond acceptors (Lipinski definition) is 5. The van der Waals surface area contributed by atoms with Gasteiger partial charge < -0.3 is 19.3 Å². The van der Waals surface area contributed by atoms with E-state index in [-0.39, 0.29) is 18.5 Å². The van der Waals surface area contributed by atoms with Crippen LogP contribution in [0.25, 0.3) is 0 Å². The summed E-state index contributed by atoms with van der Waals surface area (Å²) in [4.78, 5) is 17.5. The van der Waals surface area contributed by atoms with Gasteiger partial charge in [0.05, 0.1) is 13.2 Å². The molecule has 1 aromatic rings. The van der Waals surface area contributed by atoms with Crippen molar-refractivity contribution < 1.29 is 40.6 Å². The molecule has 1 aromatic carbocycles. The van der Waals surface area contributed by atoms with Crippen LogP contribution in [0.5, 0.6) is 0 Å². The number of nitrogens with zero attached hydrogens (tertiary/aromatic N) is 3. The highest BCUT2D eigenvalue weighted by Gasteiger charge is 2.61. The number of ether oxygens (including phenoxy) is 2. The van der Waals surface area contributed by atoms with Gasteiger partial charge in [-0.15, -0.1) is 0 Å². The van der Waals surface area contributed by atoms with E-state index in [9.17, 15) is 31.1 Å². The van der Waals surface area contributed by atoms with Crippen LogP contribution in [0.4, 0.5) is 36.8 Å². The molecule has 0 N–H and O–H groups in total. The standard InChI is InChI=1S/C23H29F6N3O3/c1-16-2-3-17(18(12-16)31-8-10-34-11-9-31)13-30-6-4-21(5-7-30)14-32(15-21)20(33)35-19(22(24,25)26)23(27,28)29/h2-3,12,19H,4-11,13-15H2,1H3. The van der Waals surface area contributed by atoms with Gasteiger partial charge >= 0.3 is 18.4 Å². The number of rotatable bonds is 4. The molecule has 1 spiro atoms. The Morgan fingerprint density at radius 1 is 1.03 bits per heavy atom. The van der Waals surface area contributed by atoms with Gasteiger partial charge in [-0.2, -0.15) is 26.3 Å². The Balaban J connectivity index is 1.30. The average molecular weight is 509 g/mol. The fourth-order valence-corrected chi connectivity index (χ4v) is 5.04. The number of amides is 1. The van der Waals surface area contributed by atoms with Gasteiger partial charge in [-0.3, -0.25) is 4.90 Å². The lowest BCUT2D eigenvalue weighted by atomic mass is 9.72. The largest absolute Gasteiger partial charge is 0.434 e. The van der Waals surface area contributed by atoms with Crippen LogP contribution in [0.15, 0.2) is 18.2 Å². The lowest BCUT2D eigenvalue weighted by Gasteiger charge is -2.53. The second kappa shape index (κ2) is 9.68. The summed E-state index contributed by atoms with van der Waals surface area (Å²) in [6.45, 7) is 7.49. The third-order valence-electron chi connectivity index (χ3n) is 7.03. The minimum absolute atomic E-state index is 0.103. The summed E-state index contributed by atoms with van der Waals surface area (Å²) in [7, 11) is 0. The molecule has 4 rings (SSSR count). The maximum atomic E-state index is 12.7. The predicted molar refractivity (Wildman–Crippen MR) is 115 cm³/mol. The Labute approximate surface area is 199 Å². The monoisotopic (exact) mass is 509 g/mol. The number of carbonyl (C=O) groups is 1. The van der Waals surface area contributed by atoms with Crippen molar-refractivity contribution in [2.45, 2.75) is 44.8 Å². The van der Waals surface area contributed by atoms with Gasteiger partial charge in [0.15, 0.2) is 0 Å². The molecule has 3 heterocycles. The molecule has 0 aromatic heterocycles. The molecule has 0 unspecified atom stereocenters.